The second-order valence-corrected chi connectivity index (χ2v) is 4.15. The van der Waals surface area contributed by atoms with E-state index < -0.39 is 5.60 Å². The number of hydrogen-bond donors (Lipinski definition) is 0. The van der Waals surface area contributed by atoms with Gasteiger partial charge in [0.1, 0.15) is 16.6 Å². The van der Waals surface area contributed by atoms with Crippen LogP contribution < -0.4 is 0 Å². The zero-order valence-electron chi connectivity index (χ0n) is 9.86. The summed E-state index contributed by atoms with van der Waals surface area (Å²) >= 11 is 5.81. The van der Waals surface area contributed by atoms with E-state index >= 15 is 0 Å². The van der Waals surface area contributed by atoms with Crippen LogP contribution in [0.1, 0.15) is 25.5 Å². The lowest BCUT2D eigenvalue weighted by atomic mass is 10.1. The zero-order valence-corrected chi connectivity index (χ0v) is 10.6. The first-order valence-electron chi connectivity index (χ1n) is 4.73. The highest BCUT2D eigenvalue weighted by molar-refractivity contribution is 6.31. The highest BCUT2D eigenvalue weighted by Crippen LogP contribution is 2.23. The number of hydrogen-bond acceptors (Lipinski definition) is 4. The van der Waals surface area contributed by atoms with E-state index in [1.165, 1.54) is 0 Å². The van der Waals surface area contributed by atoms with Crippen molar-refractivity contribution >= 4 is 24.5 Å². The molecule has 0 spiro atoms. The van der Waals surface area contributed by atoms with Gasteiger partial charge in [-0.05, 0) is 27.5 Å². The molecule has 0 fully saturated rings. The molecule has 1 aromatic rings. The van der Waals surface area contributed by atoms with Crippen LogP contribution in [0.3, 0.4) is 0 Å². The van der Waals surface area contributed by atoms with Gasteiger partial charge in [0.15, 0.2) is 5.82 Å². The number of nitrogens with zero attached hydrogens (tertiary/aromatic N) is 4. The summed E-state index contributed by atoms with van der Waals surface area (Å²) in [5.41, 5.74) is -0.546. The van der Waals surface area contributed by atoms with Crippen molar-refractivity contribution in [3.63, 3.8) is 0 Å². The summed E-state index contributed by atoms with van der Waals surface area (Å²) in [7, 11) is 1.62. The van der Waals surface area contributed by atoms with Gasteiger partial charge in [0.2, 0.25) is 0 Å². The fourth-order valence-electron chi connectivity index (χ4n) is 1.17. The number of aromatic nitrogens is 3. The molecule has 0 saturated carbocycles. The van der Waals surface area contributed by atoms with Crippen molar-refractivity contribution in [3.05, 3.63) is 16.8 Å². The first-order chi connectivity index (χ1) is 7.42. The van der Waals surface area contributed by atoms with Gasteiger partial charge in [-0.3, -0.25) is 9.56 Å². The maximum absolute atomic E-state index is 5.81. The fourth-order valence-corrected chi connectivity index (χ4v) is 1.27. The zero-order chi connectivity index (χ0) is 12.3. The lowest BCUT2D eigenvalue weighted by Crippen LogP contribution is -2.24. The average Bonchev–Trinajstić information content (AvgIpc) is 2.61. The first-order valence-corrected chi connectivity index (χ1v) is 5.11. The second kappa shape index (κ2) is 4.76. The van der Waals surface area contributed by atoms with Crippen LogP contribution in [0.5, 0.6) is 0 Å². The SMILES string of the molecule is C=N/C(Cl)=C\n1c(C)nnc1C(C)(C)OC. The van der Waals surface area contributed by atoms with E-state index in [2.05, 4.69) is 21.9 Å². The van der Waals surface area contributed by atoms with Crippen molar-refractivity contribution in [2.24, 2.45) is 4.99 Å². The summed E-state index contributed by atoms with van der Waals surface area (Å²) in [5.74, 6) is 1.37. The molecule has 1 aromatic heterocycles. The lowest BCUT2D eigenvalue weighted by molar-refractivity contribution is 0.0103. The number of rotatable bonds is 4. The Balaban J connectivity index is 3.28. The monoisotopic (exact) mass is 242 g/mol. The van der Waals surface area contributed by atoms with Crippen LogP contribution in [-0.2, 0) is 10.3 Å². The number of aryl methyl sites for hydroxylation is 1. The topological polar surface area (TPSA) is 52.3 Å². The van der Waals surface area contributed by atoms with Crippen LogP contribution in [0.4, 0.5) is 0 Å². The molecule has 6 heteroatoms. The smallest absolute Gasteiger partial charge is 0.168 e. The second-order valence-electron chi connectivity index (χ2n) is 3.77. The standard InChI is InChI=1S/C10H15ClN4O/c1-7-13-14-9(10(2,3)16-5)15(7)6-8(11)12-4/h6H,4H2,1-3,5H3/b8-6-. The summed E-state index contributed by atoms with van der Waals surface area (Å²) < 4.78 is 7.09. The predicted octanol–water partition coefficient (Wildman–Crippen LogP) is 2.16. The maximum atomic E-state index is 5.81. The van der Waals surface area contributed by atoms with E-state index in [1.807, 2.05) is 20.8 Å². The number of aliphatic imine (C=N–C) groups is 1. The van der Waals surface area contributed by atoms with Crippen LogP contribution >= 0.6 is 11.6 Å². The van der Waals surface area contributed by atoms with Crippen molar-refractivity contribution in [1.29, 1.82) is 0 Å². The maximum Gasteiger partial charge on any atom is 0.168 e. The summed E-state index contributed by atoms with van der Waals surface area (Å²) in [6, 6.07) is 0. The molecule has 0 amide bonds. The van der Waals surface area contributed by atoms with E-state index in [0.29, 0.717) is 11.6 Å². The quantitative estimate of drug-likeness (QED) is 0.601. The summed E-state index contributed by atoms with van der Waals surface area (Å²) in [6.07, 6.45) is 1.61. The van der Waals surface area contributed by atoms with Gasteiger partial charge < -0.3 is 4.74 Å². The largest absolute Gasteiger partial charge is 0.371 e. The Morgan fingerprint density at radius 2 is 2.19 bits per heavy atom. The van der Waals surface area contributed by atoms with Gasteiger partial charge in [-0.1, -0.05) is 11.6 Å². The van der Waals surface area contributed by atoms with E-state index in [-0.39, 0.29) is 5.16 Å². The Bertz CT molecular complexity index is 422. The van der Waals surface area contributed by atoms with Crippen LogP contribution in [0, 0.1) is 6.92 Å². The lowest BCUT2D eigenvalue weighted by Gasteiger charge is -2.21. The molecule has 1 heterocycles. The van der Waals surface area contributed by atoms with Crippen LogP contribution in [0.15, 0.2) is 10.1 Å². The molecule has 0 unspecified atom stereocenters. The highest BCUT2D eigenvalue weighted by atomic mass is 35.5. The molecule has 0 aromatic carbocycles. The molecular formula is C10H15ClN4O. The average molecular weight is 243 g/mol. The molecule has 0 bridgehead atoms. The van der Waals surface area contributed by atoms with Crippen LogP contribution in [0.2, 0.25) is 0 Å². The van der Waals surface area contributed by atoms with E-state index in [9.17, 15) is 0 Å². The van der Waals surface area contributed by atoms with Crippen LogP contribution in [-0.4, -0.2) is 28.6 Å². The van der Waals surface area contributed by atoms with Gasteiger partial charge in [-0.15, -0.1) is 10.2 Å². The Labute approximate surface area is 99.8 Å². The molecular weight excluding hydrogens is 228 g/mol. The van der Waals surface area contributed by atoms with Gasteiger partial charge in [-0.25, -0.2) is 0 Å². The number of halogens is 1. The van der Waals surface area contributed by atoms with Crippen molar-refractivity contribution in [1.82, 2.24) is 14.8 Å². The van der Waals surface area contributed by atoms with Gasteiger partial charge in [-0.2, -0.15) is 0 Å². The molecule has 16 heavy (non-hydrogen) atoms. The molecule has 0 aliphatic rings. The van der Waals surface area contributed by atoms with Crippen molar-refractivity contribution in [3.8, 4) is 0 Å². The normalized spacial score (nSPS) is 12.9. The van der Waals surface area contributed by atoms with Gasteiger partial charge in [0.25, 0.3) is 0 Å². The molecule has 0 radical (unpaired) electrons. The van der Waals surface area contributed by atoms with Crippen molar-refractivity contribution in [2.45, 2.75) is 26.4 Å². The summed E-state index contributed by atoms with van der Waals surface area (Å²) in [6.45, 7) is 8.97. The molecule has 0 N–H and O–H groups in total. The van der Waals surface area contributed by atoms with Crippen molar-refractivity contribution < 1.29 is 4.74 Å². The fraction of sp³-hybridized carbons (Fsp3) is 0.500. The Hall–Kier alpha value is -1.20. The minimum absolute atomic E-state index is 0.274. The molecule has 0 saturated heterocycles. The summed E-state index contributed by atoms with van der Waals surface area (Å²) in [4.78, 5) is 3.61. The Morgan fingerprint density at radius 3 is 2.69 bits per heavy atom. The van der Waals surface area contributed by atoms with E-state index in [4.69, 9.17) is 16.3 Å². The Morgan fingerprint density at radius 1 is 1.56 bits per heavy atom. The van der Waals surface area contributed by atoms with Crippen LogP contribution in [0.25, 0.3) is 6.20 Å². The first kappa shape index (κ1) is 12.9. The Kier molecular flexibility index (Phi) is 3.83. The number of ether oxygens (including phenoxy) is 1. The molecule has 5 nitrogen and oxygen atoms in total. The third-order valence-corrected chi connectivity index (χ3v) is 2.52. The summed E-state index contributed by atoms with van der Waals surface area (Å²) in [5, 5.41) is 8.33. The molecule has 0 aliphatic carbocycles. The minimum atomic E-state index is -0.546. The molecule has 0 aliphatic heterocycles. The third kappa shape index (κ3) is 2.48. The molecule has 0 atom stereocenters. The highest BCUT2D eigenvalue weighted by Gasteiger charge is 2.26. The van der Waals surface area contributed by atoms with Gasteiger partial charge in [0.05, 0.1) is 0 Å². The van der Waals surface area contributed by atoms with Gasteiger partial charge >= 0.3 is 0 Å². The van der Waals surface area contributed by atoms with E-state index in [1.54, 1.807) is 17.9 Å². The predicted molar refractivity (Wildman–Crippen MR) is 64.5 cm³/mol. The molecule has 1 rings (SSSR count). The minimum Gasteiger partial charge on any atom is -0.371 e. The van der Waals surface area contributed by atoms with Crippen molar-refractivity contribution in [2.75, 3.05) is 7.11 Å². The molecule has 88 valence electrons. The van der Waals surface area contributed by atoms with E-state index in [0.717, 1.165) is 0 Å². The third-order valence-electron chi connectivity index (χ3n) is 2.30. The number of methoxy groups -OCH3 is 1. The van der Waals surface area contributed by atoms with Gasteiger partial charge in [0, 0.05) is 13.3 Å².